The Balaban J connectivity index is 2.02. The highest BCUT2D eigenvalue weighted by atomic mass is 19.4. The van der Waals surface area contributed by atoms with Crippen LogP contribution >= 0.6 is 0 Å². The van der Waals surface area contributed by atoms with Gasteiger partial charge in [0, 0.05) is 0 Å². The number of alkyl halides is 3. The van der Waals surface area contributed by atoms with Gasteiger partial charge in [0.2, 0.25) is 0 Å². The first-order valence-electron chi connectivity index (χ1n) is 6.90. The number of halogens is 3. The Kier molecular flexibility index (Phi) is 4.50. The first-order chi connectivity index (χ1) is 9.02. The number of nitrogens with one attached hydrogen (secondary N) is 1. The molecular formula is C15H20F3N. The van der Waals surface area contributed by atoms with Crippen molar-refractivity contribution in [2.75, 3.05) is 13.1 Å². The lowest BCUT2D eigenvalue weighted by Gasteiger charge is -2.37. The first kappa shape index (κ1) is 14.4. The third-order valence-corrected chi connectivity index (χ3v) is 3.89. The highest BCUT2D eigenvalue weighted by Crippen LogP contribution is 2.43. The first-order valence-corrected chi connectivity index (χ1v) is 6.90. The van der Waals surface area contributed by atoms with Gasteiger partial charge < -0.3 is 5.32 Å². The van der Waals surface area contributed by atoms with Crippen LogP contribution in [0.3, 0.4) is 0 Å². The minimum absolute atomic E-state index is 0.284. The van der Waals surface area contributed by atoms with E-state index < -0.39 is 11.7 Å². The van der Waals surface area contributed by atoms with Crippen molar-refractivity contribution in [1.29, 1.82) is 0 Å². The SMILES string of the molecule is CCCNCC1CCC1c1cccc(C(F)(F)F)c1. The topological polar surface area (TPSA) is 12.0 Å². The van der Waals surface area contributed by atoms with Crippen LogP contribution in [0.15, 0.2) is 24.3 Å². The molecule has 0 amide bonds. The molecule has 4 heteroatoms. The van der Waals surface area contributed by atoms with Crippen LogP contribution in [0.5, 0.6) is 0 Å². The maximum atomic E-state index is 12.7. The summed E-state index contributed by atoms with van der Waals surface area (Å²) in [5, 5.41) is 3.36. The molecule has 1 N–H and O–H groups in total. The Labute approximate surface area is 112 Å². The van der Waals surface area contributed by atoms with E-state index in [-0.39, 0.29) is 5.92 Å². The Morgan fingerprint density at radius 2 is 2.05 bits per heavy atom. The molecule has 0 spiro atoms. The summed E-state index contributed by atoms with van der Waals surface area (Å²) in [6.07, 6.45) is -1.05. The van der Waals surface area contributed by atoms with Gasteiger partial charge in [0.15, 0.2) is 0 Å². The maximum absolute atomic E-state index is 12.7. The zero-order valence-corrected chi connectivity index (χ0v) is 11.1. The van der Waals surface area contributed by atoms with Gasteiger partial charge in [-0.2, -0.15) is 13.2 Å². The van der Waals surface area contributed by atoms with Crippen molar-refractivity contribution in [3.8, 4) is 0 Å². The summed E-state index contributed by atoms with van der Waals surface area (Å²) in [6, 6.07) is 5.81. The van der Waals surface area contributed by atoms with Gasteiger partial charge in [-0.3, -0.25) is 0 Å². The third-order valence-electron chi connectivity index (χ3n) is 3.89. The fourth-order valence-corrected chi connectivity index (χ4v) is 2.66. The molecule has 2 rings (SSSR count). The average molecular weight is 271 g/mol. The third kappa shape index (κ3) is 3.50. The summed E-state index contributed by atoms with van der Waals surface area (Å²) >= 11 is 0. The molecule has 0 radical (unpaired) electrons. The van der Waals surface area contributed by atoms with E-state index in [0.29, 0.717) is 5.92 Å². The molecule has 1 saturated carbocycles. The number of hydrogen-bond donors (Lipinski definition) is 1. The lowest BCUT2D eigenvalue weighted by molar-refractivity contribution is -0.137. The monoisotopic (exact) mass is 271 g/mol. The van der Waals surface area contributed by atoms with E-state index in [0.717, 1.165) is 44.0 Å². The van der Waals surface area contributed by atoms with Gasteiger partial charge in [-0.1, -0.05) is 25.1 Å². The molecule has 1 aliphatic rings. The molecule has 1 aliphatic carbocycles. The lowest BCUT2D eigenvalue weighted by atomic mass is 9.70. The number of hydrogen-bond acceptors (Lipinski definition) is 1. The van der Waals surface area contributed by atoms with Crippen molar-refractivity contribution in [2.24, 2.45) is 5.92 Å². The van der Waals surface area contributed by atoms with Crippen LogP contribution < -0.4 is 5.32 Å². The molecule has 0 aromatic heterocycles. The van der Waals surface area contributed by atoms with E-state index in [1.165, 1.54) is 12.1 Å². The van der Waals surface area contributed by atoms with E-state index in [1.54, 1.807) is 0 Å². The molecule has 0 saturated heterocycles. The maximum Gasteiger partial charge on any atom is 0.416 e. The van der Waals surface area contributed by atoms with Crippen molar-refractivity contribution in [2.45, 2.75) is 38.3 Å². The van der Waals surface area contributed by atoms with Crippen LogP contribution in [0, 0.1) is 5.92 Å². The fraction of sp³-hybridized carbons (Fsp3) is 0.600. The van der Waals surface area contributed by atoms with Gasteiger partial charge in [0.25, 0.3) is 0 Å². The molecule has 2 atom stereocenters. The summed E-state index contributed by atoms with van der Waals surface area (Å²) in [7, 11) is 0. The molecule has 2 unspecified atom stereocenters. The smallest absolute Gasteiger partial charge is 0.316 e. The van der Waals surface area contributed by atoms with Crippen LogP contribution in [-0.4, -0.2) is 13.1 Å². The van der Waals surface area contributed by atoms with Crippen molar-refractivity contribution in [1.82, 2.24) is 5.32 Å². The predicted octanol–water partition coefficient (Wildman–Crippen LogP) is 4.20. The zero-order valence-electron chi connectivity index (χ0n) is 11.1. The summed E-state index contributed by atoms with van der Waals surface area (Å²) in [5.41, 5.74) is 0.307. The van der Waals surface area contributed by atoms with Gasteiger partial charge in [0.05, 0.1) is 5.56 Å². The van der Waals surface area contributed by atoms with Crippen LogP contribution in [0.25, 0.3) is 0 Å². The quantitative estimate of drug-likeness (QED) is 0.791. The standard InChI is InChI=1S/C15H20F3N/c1-2-8-19-10-12-6-7-14(12)11-4-3-5-13(9-11)15(16,17)18/h3-5,9,12,14,19H,2,6-8,10H2,1H3. The van der Waals surface area contributed by atoms with Crippen LogP contribution in [0.2, 0.25) is 0 Å². The Morgan fingerprint density at radius 3 is 2.63 bits per heavy atom. The minimum Gasteiger partial charge on any atom is -0.316 e. The minimum atomic E-state index is -4.24. The Bertz CT molecular complexity index is 414. The van der Waals surface area contributed by atoms with Crippen molar-refractivity contribution in [3.63, 3.8) is 0 Å². The second-order valence-corrected chi connectivity index (χ2v) is 5.27. The van der Waals surface area contributed by atoms with Gasteiger partial charge in [-0.15, -0.1) is 0 Å². The van der Waals surface area contributed by atoms with Crippen molar-refractivity contribution < 1.29 is 13.2 Å². The lowest BCUT2D eigenvalue weighted by Crippen LogP contribution is -2.34. The van der Waals surface area contributed by atoms with E-state index in [9.17, 15) is 13.2 Å². The van der Waals surface area contributed by atoms with Gasteiger partial charge in [-0.05, 0) is 55.8 Å². The van der Waals surface area contributed by atoms with E-state index in [4.69, 9.17) is 0 Å². The van der Waals surface area contributed by atoms with Gasteiger partial charge >= 0.3 is 6.18 Å². The molecule has 19 heavy (non-hydrogen) atoms. The summed E-state index contributed by atoms with van der Waals surface area (Å²) in [6.45, 7) is 4.00. The van der Waals surface area contributed by atoms with E-state index >= 15 is 0 Å². The molecule has 0 bridgehead atoms. The zero-order chi connectivity index (χ0) is 13.9. The van der Waals surface area contributed by atoms with Crippen molar-refractivity contribution >= 4 is 0 Å². The second kappa shape index (κ2) is 5.95. The highest BCUT2D eigenvalue weighted by molar-refractivity contribution is 5.30. The molecular weight excluding hydrogens is 251 g/mol. The second-order valence-electron chi connectivity index (χ2n) is 5.27. The molecule has 1 aromatic carbocycles. The summed E-state index contributed by atoms with van der Waals surface area (Å²) in [5.74, 6) is 0.765. The normalized spacial score (nSPS) is 23.2. The van der Waals surface area contributed by atoms with Gasteiger partial charge in [0.1, 0.15) is 0 Å². The molecule has 106 valence electrons. The molecule has 1 fully saturated rings. The fourth-order valence-electron chi connectivity index (χ4n) is 2.66. The molecule has 0 heterocycles. The van der Waals surface area contributed by atoms with Crippen LogP contribution in [-0.2, 0) is 6.18 Å². The van der Waals surface area contributed by atoms with E-state index in [2.05, 4.69) is 12.2 Å². The molecule has 1 nitrogen and oxygen atoms in total. The van der Waals surface area contributed by atoms with Crippen LogP contribution in [0.4, 0.5) is 13.2 Å². The summed E-state index contributed by atoms with van der Waals surface area (Å²) in [4.78, 5) is 0. The van der Waals surface area contributed by atoms with Crippen LogP contribution in [0.1, 0.15) is 43.2 Å². The van der Waals surface area contributed by atoms with Gasteiger partial charge in [-0.25, -0.2) is 0 Å². The Hall–Kier alpha value is -1.03. The average Bonchev–Trinajstić information content (AvgIpc) is 2.32. The molecule has 0 aliphatic heterocycles. The molecule has 1 aromatic rings. The summed E-state index contributed by atoms with van der Waals surface area (Å²) < 4.78 is 38.1. The largest absolute Gasteiger partial charge is 0.416 e. The Morgan fingerprint density at radius 1 is 1.26 bits per heavy atom. The number of benzene rings is 1. The van der Waals surface area contributed by atoms with E-state index in [1.807, 2.05) is 6.07 Å². The number of rotatable bonds is 5. The van der Waals surface area contributed by atoms with Crippen molar-refractivity contribution in [3.05, 3.63) is 35.4 Å². The highest BCUT2D eigenvalue weighted by Gasteiger charge is 2.34. The predicted molar refractivity (Wildman–Crippen MR) is 70.1 cm³/mol.